The highest BCUT2D eigenvalue weighted by atomic mass is 19.1. The van der Waals surface area contributed by atoms with Gasteiger partial charge in [-0.3, -0.25) is 0 Å². The van der Waals surface area contributed by atoms with Crippen LogP contribution in [0.3, 0.4) is 0 Å². The number of imidazole rings is 1. The number of anilines is 1. The number of hydrogen-bond donors (Lipinski definition) is 1. The van der Waals surface area contributed by atoms with Crippen LogP contribution in [0.4, 0.5) is 10.1 Å². The third-order valence-electron chi connectivity index (χ3n) is 2.93. The molecule has 0 atom stereocenters. The van der Waals surface area contributed by atoms with E-state index in [4.69, 9.17) is 0 Å². The summed E-state index contributed by atoms with van der Waals surface area (Å²) in [6.45, 7) is 2.45. The van der Waals surface area contributed by atoms with E-state index >= 15 is 0 Å². The van der Waals surface area contributed by atoms with Gasteiger partial charge in [-0.15, -0.1) is 0 Å². The molecule has 0 amide bonds. The van der Waals surface area contributed by atoms with Crippen LogP contribution >= 0.6 is 0 Å². The van der Waals surface area contributed by atoms with Gasteiger partial charge in [-0.1, -0.05) is 6.07 Å². The second-order valence-corrected chi connectivity index (χ2v) is 4.57. The fraction of sp³-hybridized carbons (Fsp3) is 0.133. The van der Waals surface area contributed by atoms with Crippen LogP contribution in [0, 0.1) is 12.7 Å². The number of nitrogens with zero attached hydrogens (tertiary/aromatic N) is 2. The summed E-state index contributed by atoms with van der Waals surface area (Å²) >= 11 is 0. The first-order chi connectivity index (χ1) is 9.20. The van der Waals surface area contributed by atoms with E-state index < -0.39 is 0 Å². The summed E-state index contributed by atoms with van der Waals surface area (Å²) in [7, 11) is 0. The van der Waals surface area contributed by atoms with Gasteiger partial charge in [0.05, 0.1) is 12.2 Å². The first-order valence-electron chi connectivity index (χ1n) is 6.14. The Labute approximate surface area is 110 Å². The van der Waals surface area contributed by atoms with E-state index in [2.05, 4.69) is 10.3 Å². The molecule has 0 radical (unpaired) electrons. The monoisotopic (exact) mass is 255 g/mol. The second-order valence-electron chi connectivity index (χ2n) is 4.57. The van der Waals surface area contributed by atoms with Crippen LogP contribution in [0.1, 0.15) is 11.3 Å². The summed E-state index contributed by atoms with van der Waals surface area (Å²) in [4.78, 5) is 4.48. The molecule has 0 saturated carbocycles. The predicted octanol–water partition coefficient (Wildman–Crippen LogP) is 3.39. The molecule has 0 aliphatic rings. The maximum Gasteiger partial charge on any atom is 0.137 e. The van der Waals surface area contributed by atoms with Gasteiger partial charge in [-0.2, -0.15) is 0 Å². The molecule has 1 N–H and O–H groups in total. The molecular formula is C15H14FN3. The molecule has 0 aliphatic heterocycles. The van der Waals surface area contributed by atoms with Crippen LogP contribution in [0.25, 0.3) is 5.65 Å². The molecule has 1 aromatic carbocycles. The molecule has 0 saturated heterocycles. The van der Waals surface area contributed by atoms with Crippen molar-refractivity contribution in [2.24, 2.45) is 0 Å². The lowest BCUT2D eigenvalue weighted by Gasteiger charge is -2.05. The van der Waals surface area contributed by atoms with Gasteiger partial charge in [-0.05, 0) is 42.8 Å². The van der Waals surface area contributed by atoms with Crippen LogP contribution in [0.5, 0.6) is 0 Å². The van der Waals surface area contributed by atoms with Crippen molar-refractivity contribution in [1.82, 2.24) is 9.38 Å². The summed E-state index contributed by atoms with van der Waals surface area (Å²) < 4.78 is 15.2. The minimum atomic E-state index is -0.225. The molecule has 19 heavy (non-hydrogen) atoms. The van der Waals surface area contributed by atoms with E-state index in [1.165, 1.54) is 12.1 Å². The van der Waals surface area contributed by atoms with Gasteiger partial charge in [0.1, 0.15) is 11.5 Å². The molecule has 0 bridgehead atoms. The Morgan fingerprint density at radius 3 is 2.95 bits per heavy atom. The third kappa shape index (κ3) is 2.57. The number of hydrogen-bond acceptors (Lipinski definition) is 2. The minimum absolute atomic E-state index is 0.225. The van der Waals surface area contributed by atoms with Crippen LogP contribution < -0.4 is 5.32 Å². The van der Waals surface area contributed by atoms with Gasteiger partial charge in [0.2, 0.25) is 0 Å². The van der Waals surface area contributed by atoms with Gasteiger partial charge in [-0.25, -0.2) is 9.37 Å². The first kappa shape index (κ1) is 11.7. The molecule has 3 aromatic rings. The number of aromatic nitrogens is 2. The third-order valence-corrected chi connectivity index (χ3v) is 2.93. The van der Waals surface area contributed by atoms with Crippen molar-refractivity contribution in [1.29, 1.82) is 0 Å². The van der Waals surface area contributed by atoms with E-state index in [9.17, 15) is 4.39 Å². The van der Waals surface area contributed by atoms with Gasteiger partial charge in [0, 0.05) is 18.1 Å². The second kappa shape index (κ2) is 4.72. The molecule has 4 heteroatoms. The number of benzene rings is 1. The first-order valence-corrected chi connectivity index (χ1v) is 6.14. The summed E-state index contributed by atoms with van der Waals surface area (Å²) in [5.41, 5.74) is 3.51. The zero-order chi connectivity index (χ0) is 13.2. The van der Waals surface area contributed by atoms with Crippen molar-refractivity contribution >= 4 is 11.3 Å². The normalized spacial score (nSPS) is 10.8. The highest BCUT2D eigenvalue weighted by Gasteiger charge is 2.02. The van der Waals surface area contributed by atoms with Gasteiger partial charge >= 0.3 is 0 Å². The Morgan fingerprint density at radius 2 is 2.16 bits per heavy atom. The molecule has 2 aromatic heterocycles. The molecular weight excluding hydrogens is 241 g/mol. The highest BCUT2D eigenvalue weighted by Crippen LogP contribution is 2.14. The minimum Gasteiger partial charge on any atom is -0.379 e. The molecule has 3 nitrogen and oxygen atoms in total. The van der Waals surface area contributed by atoms with Crippen LogP contribution in [-0.2, 0) is 6.54 Å². The summed E-state index contributed by atoms with van der Waals surface area (Å²) in [6, 6.07) is 10.8. The van der Waals surface area contributed by atoms with Crippen LogP contribution in [0.2, 0.25) is 0 Å². The smallest absolute Gasteiger partial charge is 0.137 e. The lowest BCUT2D eigenvalue weighted by atomic mass is 10.2. The van der Waals surface area contributed by atoms with Gasteiger partial charge in [0.25, 0.3) is 0 Å². The average Bonchev–Trinajstić information content (AvgIpc) is 2.78. The number of aryl methyl sites for hydroxylation is 1. The summed E-state index contributed by atoms with van der Waals surface area (Å²) in [5.74, 6) is -0.225. The van der Waals surface area contributed by atoms with Crippen molar-refractivity contribution in [2.75, 3.05) is 5.32 Å². The van der Waals surface area contributed by atoms with Crippen LogP contribution in [0.15, 0.2) is 48.8 Å². The molecule has 0 spiro atoms. The lowest BCUT2D eigenvalue weighted by Crippen LogP contribution is -2.00. The van der Waals surface area contributed by atoms with E-state index in [1.54, 1.807) is 0 Å². The summed E-state index contributed by atoms with van der Waals surface area (Å²) in [6.07, 6.45) is 3.92. The van der Waals surface area contributed by atoms with Crippen molar-refractivity contribution in [2.45, 2.75) is 13.5 Å². The van der Waals surface area contributed by atoms with E-state index in [0.29, 0.717) is 6.54 Å². The molecule has 0 aliphatic carbocycles. The zero-order valence-corrected chi connectivity index (χ0v) is 10.6. The number of halogens is 1. The topological polar surface area (TPSA) is 29.3 Å². The van der Waals surface area contributed by atoms with E-state index in [0.717, 1.165) is 22.6 Å². The maximum absolute atomic E-state index is 13.3. The zero-order valence-electron chi connectivity index (χ0n) is 10.6. The van der Waals surface area contributed by atoms with Crippen LogP contribution in [-0.4, -0.2) is 9.38 Å². The van der Waals surface area contributed by atoms with Gasteiger partial charge < -0.3 is 9.72 Å². The van der Waals surface area contributed by atoms with Crippen molar-refractivity contribution < 1.29 is 4.39 Å². The Hall–Kier alpha value is -2.36. The molecule has 2 heterocycles. The van der Waals surface area contributed by atoms with E-state index in [-0.39, 0.29) is 5.82 Å². The maximum atomic E-state index is 13.3. The highest BCUT2D eigenvalue weighted by molar-refractivity contribution is 5.47. The number of pyridine rings is 1. The van der Waals surface area contributed by atoms with Crippen molar-refractivity contribution in [3.63, 3.8) is 0 Å². The molecule has 3 rings (SSSR count). The Morgan fingerprint density at radius 1 is 1.26 bits per heavy atom. The number of rotatable bonds is 3. The molecule has 0 unspecified atom stereocenters. The molecule has 0 fully saturated rings. The Kier molecular flexibility index (Phi) is 2.91. The lowest BCUT2D eigenvalue weighted by molar-refractivity contribution is 0.627. The predicted molar refractivity (Wildman–Crippen MR) is 73.7 cm³/mol. The number of nitrogens with one attached hydrogen (secondary N) is 1. The van der Waals surface area contributed by atoms with Crippen molar-refractivity contribution in [3.05, 3.63) is 65.9 Å². The standard InChI is InChI=1S/C15H14FN3/c1-11-6-12(16)8-13(7-11)17-9-14-10-19-5-3-2-4-15(19)18-14/h2-8,10,17H,9H2,1H3. The van der Waals surface area contributed by atoms with Crippen molar-refractivity contribution in [3.8, 4) is 0 Å². The molecule has 96 valence electrons. The Balaban J connectivity index is 1.78. The number of fused-ring (bicyclic) bond motifs is 1. The largest absolute Gasteiger partial charge is 0.379 e. The summed E-state index contributed by atoms with van der Waals surface area (Å²) in [5, 5.41) is 3.19. The van der Waals surface area contributed by atoms with Gasteiger partial charge in [0.15, 0.2) is 0 Å². The SMILES string of the molecule is Cc1cc(F)cc(NCc2cn3ccccc3n2)c1. The fourth-order valence-corrected chi connectivity index (χ4v) is 2.10. The fourth-order valence-electron chi connectivity index (χ4n) is 2.10. The quantitative estimate of drug-likeness (QED) is 0.777. The Bertz CT molecular complexity index is 665. The van der Waals surface area contributed by atoms with E-state index in [1.807, 2.05) is 48.0 Å². The average molecular weight is 255 g/mol.